The van der Waals surface area contributed by atoms with E-state index in [1.54, 1.807) is 5.43 Å². The molecule has 1 rings (SSSR count). The van der Waals surface area contributed by atoms with Crippen LogP contribution in [0.15, 0.2) is 24.3 Å². The molecule has 0 bridgehead atoms. The fourth-order valence-corrected chi connectivity index (χ4v) is 1.85. The highest BCUT2D eigenvalue weighted by atomic mass is 35.5. The van der Waals surface area contributed by atoms with E-state index in [1.165, 1.54) is 12.1 Å². The van der Waals surface area contributed by atoms with Crippen molar-refractivity contribution in [1.29, 1.82) is 0 Å². The molecule has 1 aromatic carbocycles. The van der Waals surface area contributed by atoms with Crippen molar-refractivity contribution in [3.63, 3.8) is 0 Å². The van der Waals surface area contributed by atoms with Crippen molar-refractivity contribution in [3.8, 4) is 0 Å². The van der Waals surface area contributed by atoms with Crippen LogP contribution in [-0.2, 0) is 0 Å². The summed E-state index contributed by atoms with van der Waals surface area (Å²) in [4.78, 5) is 0. The molecule has 3 N–H and O–H groups in total. The third kappa shape index (κ3) is 3.99. The lowest BCUT2D eigenvalue weighted by atomic mass is 9.92. The van der Waals surface area contributed by atoms with Crippen molar-refractivity contribution < 1.29 is 26.3 Å². The molecule has 19 heavy (non-hydrogen) atoms. The molecule has 0 aliphatic carbocycles. The van der Waals surface area contributed by atoms with Gasteiger partial charge in [-0.1, -0.05) is 23.7 Å². The van der Waals surface area contributed by atoms with Crippen LogP contribution in [0.3, 0.4) is 0 Å². The van der Waals surface area contributed by atoms with E-state index in [1.807, 2.05) is 0 Å². The Kier molecular flexibility index (Phi) is 4.70. The van der Waals surface area contributed by atoms with E-state index in [2.05, 4.69) is 0 Å². The smallest absolute Gasteiger partial charge is 0.271 e. The summed E-state index contributed by atoms with van der Waals surface area (Å²) in [5.41, 5.74) is 1.26. The lowest BCUT2D eigenvalue weighted by Crippen LogP contribution is -2.47. The van der Waals surface area contributed by atoms with E-state index in [0.717, 1.165) is 12.1 Å². The van der Waals surface area contributed by atoms with Crippen LogP contribution in [0.5, 0.6) is 0 Å². The van der Waals surface area contributed by atoms with E-state index in [-0.39, 0.29) is 10.6 Å². The summed E-state index contributed by atoms with van der Waals surface area (Å²) in [5, 5.41) is 0.0147. The Bertz CT molecular complexity index is 417. The maximum atomic E-state index is 12.6. The molecule has 1 atom stereocenters. The van der Waals surface area contributed by atoms with Gasteiger partial charge in [0.1, 0.15) is 0 Å². The van der Waals surface area contributed by atoms with Crippen molar-refractivity contribution in [3.05, 3.63) is 34.9 Å². The van der Waals surface area contributed by atoms with E-state index >= 15 is 0 Å². The van der Waals surface area contributed by atoms with Gasteiger partial charge >= 0.3 is 12.4 Å². The second-order valence-electron chi connectivity index (χ2n) is 3.76. The third-order valence-electron chi connectivity index (χ3n) is 2.43. The normalized spacial score (nSPS) is 14.8. The molecule has 0 radical (unpaired) electrons. The summed E-state index contributed by atoms with van der Waals surface area (Å²) in [6.45, 7) is 0. The van der Waals surface area contributed by atoms with E-state index in [9.17, 15) is 26.3 Å². The first-order valence-corrected chi connectivity index (χ1v) is 5.30. The highest BCUT2D eigenvalue weighted by Crippen LogP contribution is 2.46. The van der Waals surface area contributed by atoms with Gasteiger partial charge in [0.25, 0.3) is 0 Å². The molecule has 108 valence electrons. The van der Waals surface area contributed by atoms with Gasteiger partial charge < -0.3 is 0 Å². The second kappa shape index (κ2) is 5.56. The monoisotopic (exact) mass is 306 g/mol. The number of rotatable bonds is 3. The van der Waals surface area contributed by atoms with Gasteiger partial charge in [-0.2, -0.15) is 26.3 Å². The highest BCUT2D eigenvalue weighted by Gasteiger charge is 2.60. The Morgan fingerprint density at radius 1 is 1.05 bits per heavy atom. The van der Waals surface area contributed by atoms with Gasteiger partial charge in [-0.15, -0.1) is 0 Å². The van der Waals surface area contributed by atoms with Crippen LogP contribution >= 0.6 is 11.6 Å². The van der Waals surface area contributed by atoms with Gasteiger partial charge in [0, 0.05) is 5.02 Å². The largest absolute Gasteiger partial charge is 0.402 e. The molecule has 9 heteroatoms. The fraction of sp³-hybridized carbons (Fsp3) is 0.400. The molecule has 0 spiro atoms. The predicted octanol–water partition coefficient (Wildman–Crippen LogP) is 3.59. The fourth-order valence-electron chi connectivity index (χ4n) is 1.65. The van der Waals surface area contributed by atoms with Gasteiger partial charge in [-0.3, -0.25) is 11.3 Å². The number of nitrogens with one attached hydrogen (secondary N) is 1. The van der Waals surface area contributed by atoms with Crippen molar-refractivity contribution in [1.82, 2.24) is 5.43 Å². The molecule has 1 aromatic rings. The zero-order chi connectivity index (χ0) is 14.8. The van der Waals surface area contributed by atoms with Gasteiger partial charge in [0.05, 0.1) is 6.04 Å². The van der Waals surface area contributed by atoms with Crippen LogP contribution in [0.25, 0.3) is 0 Å². The van der Waals surface area contributed by atoms with Gasteiger partial charge in [-0.25, -0.2) is 0 Å². The van der Waals surface area contributed by atoms with Crippen molar-refractivity contribution >= 4 is 11.6 Å². The van der Waals surface area contributed by atoms with E-state index < -0.39 is 24.3 Å². The first-order valence-electron chi connectivity index (χ1n) is 4.92. The SMILES string of the molecule is NNC(c1cccc(Cl)c1)C(C(F)(F)F)C(F)(F)F. The first kappa shape index (κ1) is 16.1. The average Bonchev–Trinajstić information content (AvgIpc) is 2.21. The van der Waals surface area contributed by atoms with E-state index in [4.69, 9.17) is 17.4 Å². The first-order chi connectivity index (χ1) is 8.57. The Hall–Kier alpha value is -0.990. The zero-order valence-electron chi connectivity index (χ0n) is 9.19. The van der Waals surface area contributed by atoms with Crippen LogP contribution < -0.4 is 11.3 Å². The number of hydrogen-bond donors (Lipinski definition) is 2. The molecule has 1 unspecified atom stereocenters. The summed E-state index contributed by atoms with van der Waals surface area (Å²) in [5.74, 6) is 1.23. The number of hydrogen-bond acceptors (Lipinski definition) is 2. The zero-order valence-corrected chi connectivity index (χ0v) is 9.94. The molecule has 0 aliphatic heterocycles. The summed E-state index contributed by atoms with van der Waals surface area (Å²) in [7, 11) is 0. The molecule has 0 fully saturated rings. The van der Waals surface area contributed by atoms with Crippen molar-refractivity contribution in [2.75, 3.05) is 0 Å². The number of halogens is 7. The minimum Gasteiger partial charge on any atom is -0.271 e. The van der Waals surface area contributed by atoms with Crippen LogP contribution in [0.2, 0.25) is 5.02 Å². The quantitative estimate of drug-likeness (QED) is 0.509. The third-order valence-corrected chi connectivity index (χ3v) is 2.66. The summed E-state index contributed by atoms with van der Waals surface area (Å²) in [6, 6.07) is 2.48. The topological polar surface area (TPSA) is 38.0 Å². The molecule has 0 aromatic heterocycles. The lowest BCUT2D eigenvalue weighted by Gasteiger charge is -2.30. The maximum Gasteiger partial charge on any atom is 0.402 e. The van der Waals surface area contributed by atoms with Gasteiger partial charge in [0.2, 0.25) is 0 Å². The summed E-state index contributed by atoms with van der Waals surface area (Å²) >= 11 is 5.55. The molecular formula is C10H9ClF6N2. The molecule has 0 amide bonds. The molecule has 0 saturated heterocycles. The minimum absolute atomic E-state index is 0.0147. The lowest BCUT2D eigenvalue weighted by molar-refractivity contribution is -0.292. The molecule has 0 saturated carbocycles. The second-order valence-corrected chi connectivity index (χ2v) is 4.20. The summed E-state index contributed by atoms with van der Waals surface area (Å²) in [6.07, 6.45) is -11.0. The van der Waals surface area contributed by atoms with Crippen LogP contribution in [0, 0.1) is 5.92 Å². The number of nitrogens with two attached hydrogens (primary N) is 1. The Balaban J connectivity index is 3.25. The van der Waals surface area contributed by atoms with Crippen molar-refractivity contribution in [2.45, 2.75) is 18.4 Å². The molecular weight excluding hydrogens is 298 g/mol. The average molecular weight is 307 g/mol. The standard InChI is InChI=1S/C10H9ClF6N2/c11-6-3-1-2-5(4-6)7(19-18)8(9(12,13)14)10(15,16)17/h1-4,7-8,19H,18H2. The van der Waals surface area contributed by atoms with Crippen LogP contribution in [-0.4, -0.2) is 12.4 Å². The number of benzene rings is 1. The molecule has 0 aliphatic rings. The van der Waals surface area contributed by atoms with E-state index in [0.29, 0.717) is 0 Å². The van der Waals surface area contributed by atoms with Gasteiger partial charge in [0.15, 0.2) is 5.92 Å². The molecule has 0 heterocycles. The minimum atomic E-state index is -5.49. The van der Waals surface area contributed by atoms with Crippen LogP contribution in [0.4, 0.5) is 26.3 Å². The highest BCUT2D eigenvalue weighted by molar-refractivity contribution is 6.30. The van der Waals surface area contributed by atoms with Gasteiger partial charge in [-0.05, 0) is 17.7 Å². The Morgan fingerprint density at radius 3 is 1.95 bits per heavy atom. The predicted molar refractivity (Wildman–Crippen MR) is 57.1 cm³/mol. The molecule has 2 nitrogen and oxygen atoms in total. The van der Waals surface area contributed by atoms with Crippen LogP contribution in [0.1, 0.15) is 11.6 Å². The summed E-state index contributed by atoms with van der Waals surface area (Å²) < 4.78 is 75.5. The van der Waals surface area contributed by atoms with Crippen molar-refractivity contribution in [2.24, 2.45) is 11.8 Å². The Labute approximate surface area is 109 Å². The number of alkyl halides is 6. The number of hydrazine groups is 1. The maximum absolute atomic E-state index is 12.6. The Morgan fingerprint density at radius 2 is 1.58 bits per heavy atom.